The zero-order valence-corrected chi connectivity index (χ0v) is 43.7. The molecule has 0 radical (unpaired) electrons. The molecule has 6 aromatic carbocycles. The number of carbonyl (C=O) groups excluding carboxylic acids is 2. The number of benzene rings is 6. The molecule has 366 valence electrons. The van der Waals surface area contributed by atoms with Crippen molar-refractivity contribution in [1.82, 2.24) is 9.13 Å². The molecule has 0 N–H and O–H groups in total. The third kappa shape index (κ3) is 9.49. The second-order valence-corrected chi connectivity index (χ2v) is 22.3. The molecule has 2 aromatic heterocycles. The van der Waals surface area contributed by atoms with Crippen LogP contribution in [0.2, 0.25) is 0 Å². The van der Waals surface area contributed by atoms with E-state index >= 15 is 0 Å². The van der Waals surface area contributed by atoms with Crippen molar-refractivity contribution in [1.29, 1.82) is 0 Å². The highest BCUT2D eigenvalue weighted by molar-refractivity contribution is 9.10. The molecule has 3 aliphatic heterocycles. The van der Waals surface area contributed by atoms with Gasteiger partial charge in [0.05, 0.1) is 55.7 Å². The Morgan fingerprint density at radius 3 is 1.14 bits per heavy atom. The molecular weight excluding hydrogens is 953 g/mol. The lowest BCUT2D eigenvalue weighted by molar-refractivity contribution is 0.00578. The average Bonchev–Trinajstić information content (AvgIpc) is 4.02. The summed E-state index contributed by atoms with van der Waals surface area (Å²) in [5, 5.41) is 4.75. The van der Waals surface area contributed by atoms with Gasteiger partial charge in [0.25, 0.3) is 0 Å². The molecule has 3 fully saturated rings. The van der Waals surface area contributed by atoms with Gasteiger partial charge in [0.2, 0.25) is 0 Å². The van der Waals surface area contributed by atoms with E-state index < -0.39 is 21.1 Å². The van der Waals surface area contributed by atoms with Crippen LogP contribution in [0, 0.1) is 0 Å². The van der Waals surface area contributed by atoms with Crippen LogP contribution in [0.15, 0.2) is 138 Å². The summed E-state index contributed by atoms with van der Waals surface area (Å²) in [7, 11) is -1.35. The van der Waals surface area contributed by atoms with Crippen molar-refractivity contribution in [3.05, 3.63) is 149 Å². The number of para-hydroxylation sites is 2. The smallest absolute Gasteiger partial charge is 0.405 e. The fourth-order valence-electron chi connectivity index (χ4n) is 9.02. The molecule has 0 atom stereocenters. The number of carbonyl (C=O) groups is 2. The minimum Gasteiger partial charge on any atom is -0.405 e. The molecule has 0 saturated carbocycles. The first-order valence-corrected chi connectivity index (χ1v) is 24.7. The van der Waals surface area contributed by atoms with Crippen LogP contribution in [-0.4, -0.2) is 76.4 Å². The lowest BCUT2D eigenvalue weighted by Gasteiger charge is -2.32. The van der Waals surface area contributed by atoms with Gasteiger partial charge in [0.1, 0.15) is 12.6 Å². The molecule has 0 bridgehead atoms. The SMILES string of the molecule is C.CC1(C)OB(B2OC(C)(C)C(C)(C)O2)OC1(C)C.CC1(C)OB(c2ccc3c(c2)c2ccccc2n3-c2ccc(C=O)cc2)OC1(C)C.O=Cc1ccc(-n2c3ccccc3c3cc(Br)ccc32)cc1. The quantitative estimate of drug-likeness (QED) is 0.120. The Morgan fingerprint density at radius 2 is 0.746 bits per heavy atom. The lowest BCUT2D eigenvalue weighted by Crippen LogP contribution is -2.41. The van der Waals surface area contributed by atoms with Crippen LogP contribution in [0.3, 0.4) is 0 Å². The average molecular weight is 1020 g/mol. The zero-order valence-electron chi connectivity index (χ0n) is 42.1. The van der Waals surface area contributed by atoms with Crippen LogP contribution >= 0.6 is 15.9 Å². The van der Waals surface area contributed by atoms with Crippen LogP contribution in [0.4, 0.5) is 0 Å². The standard InChI is InChI=1S/C25H24BNO3.C19H12BrNO.C12H24B2O4.CH4/c1-24(2)25(3,4)30-26(29-24)18-11-14-23-21(15-18)20-7-5-6-8-22(20)27(23)19-12-9-17(16-28)10-13-19;20-14-7-10-19-17(11-14)16-3-1-2-4-18(16)21(19)15-8-5-13(12-22)6-9-15;1-9(2)10(3,4)16-13(15-9)14-17-11(5,6)12(7,8)18-14;/h5-16H,1-4H3;1-12H;1-8H3;1H4. The Balaban J connectivity index is 0.000000147. The van der Waals surface area contributed by atoms with Crippen LogP contribution in [0.1, 0.15) is 111 Å². The zero-order chi connectivity index (χ0) is 50.2. The molecule has 0 aliphatic carbocycles. The first-order chi connectivity index (χ1) is 33.0. The lowest BCUT2D eigenvalue weighted by atomic mass is 9.49. The highest BCUT2D eigenvalue weighted by atomic mass is 79.9. The minimum atomic E-state index is -0.476. The van der Waals surface area contributed by atoms with E-state index in [1.165, 1.54) is 16.2 Å². The normalized spacial score (nSPS) is 19.0. The van der Waals surface area contributed by atoms with E-state index in [-0.39, 0.29) is 41.0 Å². The molecule has 5 heterocycles. The molecule has 0 unspecified atom stereocenters. The first kappa shape index (κ1) is 52.0. The first-order valence-electron chi connectivity index (χ1n) is 23.9. The van der Waals surface area contributed by atoms with Gasteiger partial charge in [0.15, 0.2) is 0 Å². The second kappa shape index (κ2) is 18.9. The maximum Gasteiger partial charge on any atom is 0.494 e. The number of halogens is 1. The molecule has 0 amide bonds. The van der Waals surface area contributed by atoms with Gasteiger partial charge < -0.3 is 37.1 Å². The number of aldehydes is 2. The van der Waals surface area contributed by atoms with Crippen molar-refractivity contribution in [2.24, 2.45) is 0 Å². The van der Waals surface area contributed by atoms with E-state index in [1.54, 1.807) is 0 Å². The van der Waals surface area contributed by atoms with Gasteiger partial charge in [-0.25, -0.2) is 0 Å². The van der Waals surface area contributed by atoms with Crippen LogP contribution in [0.25, 0.3) is 55.0 Å². The van der Waals surface area contributed by atoms with E-state index in [1.807, 2.05) is 116 Å². The van der Waals surface area contributed by atoms with Gasteiger partial charge in [0, 0.05) is 48.5 Å². The van der Waals surface area contributed by atoms with Crippen LogP contribution in [0.5, 0.6) is 0 Å². The molecule has 3 saturated heterocycles. The van der Waals surface area contributed by atoms with Crippen LogP contribution < -0.4 is 5.46 Å². The number of hydrogen-bond donors (Lipinski definition) is 0. The van der Waals surface area contributed by atoms with Gasteiger partial charge in [-0.2, -0.15) is 0 Å². The number of nitrogens with zero attached hydrogens (tertiary/aromatic N) is 2. The number of fused-ring (bicyclic) bond motifs is 6. The van der Waals surface area contributed by atoms with Crippen molar-refractivity contribution < 1.29 is 37.5 Å². The van der Waals surface area contributed by atoms with Crippen molar-refractivity contribution >= 4 is 98.7 Å². The molecule has 0 spiro atoms. The Bertz CT molecular complexity index is 3190. The maximum atomic E-state index is 11.1. The topological polar surface area (TPSA) is 99.4 Å². The Kier molecular flexibility index (Phi) is 13.9. The fraction of sp³-hybridized carbons (Fsp3) is 0.333. The third-order valence-corrected chi connectivity index (χ3v) is 15.7. The molecule has 71 heavy (non-hydrogen) atoms. The summed E-state index contributed by atoms with van der Waals surface area (Å²) < 4.78 is 41.9. The van der Waals surface area contributed by atoms with Crippen LogP contribution in [-0.2, 0) is 27.9 Å². The molecule has 3 aliphatic rings. The summed E-state index contributed by atoms with van der Waals surface area (Å²) in [6.45, 7) is 24.5. The highest BCUT2D eigenvalue weighted by Gasteiger charge is 2.63. The maximum absolute atomic E-state index is 11.1. The predicted octanol–water partition coefficient (Wildman–Crippen LogP) is 13.1. The van der Waals surface area contributed by atoms with Gasteiger partial charge in [-0.1, -0.05) is 71.9 Å². The van der Waals surface area contributed by atoms with Gasteiger partial charge in [-0.05, 0) is 173 Å². The molecule has 14 heteroatoms. The fourth-order valence-corrected chi connectivity index (χ4v) is 9.38. The summed E-state index contributed by atoms with van der Waals surface area (Å²) in [5.41, 5.74) is 6.81. The largest absolute Gasteiger partial charge is 0.494 e. The summed E-state index contributed by atoms with van der Waals surface area (Å²) in [5.74, 6) is 0. The van der Waals surface area contributed by atoms with Crippen molar-refractivity contribution in [3.8, 4) is 11.4 Å². The van der Waals surface area contributed by atoms with Gasteiger partial charge >= 0.3 is 21.1 Å². The number of aromatic nitrogens is 2. The Morgan fingerprint density at radius 1 is 0.408 bits per heavy atom. The Hall–Kier alpha value is -5.31. The predicted molar refractivity (Wildman–Crippen MR) is 295 cm³/mol. The van der Waals surface area contributed by atoms with Crippen molar-refractivity contribution in [2.75, 3.05) is 0 Å². The second-order valence-electron chi connectivity index (χ2n) is 21.4. The van der Waals surface area contributed by atoms with E-state index in [2.05, 4.69) is 126 Å². The third-order valence-electron chi connectivity index (χ3n) is 15.2. The number of rotatable bonds is 6. The van der Waals surface area contributed by atoms with Crippen molar-refractivity contribution in [2.45, 2.75) is 124 Å². The Labute approximate surface area is 427 Å². The van der Waals surface area contributed by atoms with Gasteiger partial charge in [-0.15, -0.1) is 0 Å². The molecule has 11 rings (SSSR count). The highest BCUT2D eigenvalue weighted by Crippen LogP contribution is 2.43. The summed E-state index contributed by atoms with van der Waals surface area (Å²) in [4.78, 5) is 21.9. The summed E-state index contributed by atoms with van der Waals surface area (Å²) >= 11 is 3.55. The molecule has 10 nitrogen and oxygen atoms in total. The number of hydrogen-bond acceptors (Lipinski definition) is 8. The van der Waals surface area contributed by atoms with E-state index in [9.17, 15) is 9.59 Å². The van der Waals surface area contributed by atoms with E-state index in [0.29, 0.717) is 11.1 Å². The summed E-state index contributed by atoms with van der Waals surface area (Å²) in [6.07, 6.45) is 1.74. The minimum absolute atomic E-state index is 0. The summed E-state index contributed by atoms with van der Waals surface area (Å²) in [6, 6.07) is 44.8. The van der Waals surface area contributed by atoms with E-state index in [0.717, 1.165) is 61.3 Å². The molecule has 8 aromatic rings. The monoisotopic (exact) mass is 1020 g/mol. The van der Waals surface area contributed by atoms with Crippen molar-refractivity contribution in [3.63, 3.8) is 0 Å². The van der Waals surface area contributed by atoms with Gasteiger partial charge in [-0.3, -0.25) is 9.59 Å². The van der Waals surface area contributed by atoms with E-state index in [4.69, 9.17) is 27.9 Å². The molecular formula is C57H64B3BrN2O8.